The molecular formula is C26H34N2O3. The van der Waals surface area contributed by atoms with Gasteiger partial charge in [-0.25, -0.2) is 0 Å². The van der Waals surface area contributed by atoms with E-state index in [1.807, 2.05) is 29.2 Å². The normalized spacial score (nSPS) is 14.3. The van der Waals surface area contributed by atoms with Crippen molar-refractivity contribution < 1.29 is 14.3 Å². The number of hydrogen-bond acceptors (Lipinski definition) is 3. The lowest BCUT2D eigenvalue weighted by atomic mass is 10.0. The van der Waals surface area contributed by atoms with Gasteiger partial charge in [0.25, 0.3) is 5.91 Å². The summed E-state index contributed by atoms with van der Waals surface area (Å²) in [6.45, 7) is 5.62. The minimum atomic E-state index is -0.109. The maximum absolute atomic E-state index is 12.5. The van der Waals surface area contributed by atoms with Gasteiger partial charge in [-0.2, -0.15) is 0 Å². The zero-order chi connectivity index (χ0) is 22.1. The number of carbonyl (C=O) groups excluding carboxylic acids is 2. The molecule has 0 atom stereocenters. The second-order valence-corrected chi connectivity index (χ2v) is 8.39. The first-order valence-corrected chi connectivity index (χ1v) is 11.4. The molecule has 1 saturated heterocycles. The average Bonchev–Trinajstić information content (AvgIpc) is 2.79. The molecule has 31 heavy (non-hydrogen) atoms. The highest BCUT2D eigenvalue weighted by Gasteiger charge is 2.23. The Morgan fingerprint density at radius 2 is 1.58 bits per heavy atom. The van der Waals surface area contributed by atoms with Crippen LogP contribution in [0.1, 0.15) is 49.3 Å². The number of likely N-dealkylation sites (tertiary alicyclic amines) is 1. The second-order valence-electron chi connectivity index (χ2n) is 8.39. The van der Waals surface area contributed by atoms with Crippen molar-refractivity contribution in [3.63, 3.8) is 0 Å². The predicted octanol–water partition coefficient (Wildman–Crippen LogP) is 4.07. The summed E-state index contributed by atoms with van der Waals surface area (Å²) in [4.78, 5) is 26.7. The van der Waals surface area contributed by atoms with Crippen molar-refractivity contribution in [2.75, 3.05) is 19.7 Å². The monoisotopic (exact) mass is 422 g/mol. The van der Waals surface area contributed by atoms with Crippen molar-refractivity contribution in [2.24, 2.45) is 0 Å². The van der Waals surface area contributed by atoms with E-state index < -0.39 is 0 Å². The molecule has 5 nitrogen and oxygen atoms in total. The van der Waals surface area contributed by atoms with Gasteiger partial charge < -0.3 is 15.0 Å². The Hall–Kier alpha value is -2.82. The van der Waals surface area contributed by atoms with Crippen LogP contribution in [-0.2, 0) is 22.4 Å². The van der Waals surface area contributed by atoms with E-state index in [1.54, 1.807) is 0 Å². The number of piperidine rings is 1. The number of nitrogens with zero attached hydrogens (tertiary/aromatic N) is 1. The predicted molar refractivity (Wildman–Crippen MR) is 123 cm³/mol. The number of amides is 2. The van der Waals surface area contributed by atoms with E-state index >= 15 is 0 Å². The quantitative estimate of drug-likeness (QED) is 0.663. The zero-order valence-corrected chi connectivity index (χ0v) is 18.7. The third-order valence-electron chi connectivity index (χ3n) is 5.79. The van der Waals surface area contributed by atoms with Gasteiger partial charge in [-0.1, -0.05) is 55.3 Å². The highest BCUT2D eigenvalue weighted by molar-refractivity contribution is 5.78. The lowest BCUT2D eigenvalue weighted by Gasteiger charge is -2.32. The summed E-state index contributed by atoms with van der Waals surface area (Å²) < 4.78 is 5.61. The van der Waals surface area contributed by atoms with Crippen LogP contribution < -0.4 is 10.1 Å². The van der Waals surface area contributed by atoms with E-state index in [4.69, 9.17) is 4.74 Å². The first kappa shape index (κ1) is 22.9. The van der Waals surface area contributed by atoms with Gasteiger partial charge in [0.05, 0.1) is 0 Å². The molecule has 0 aliphatic carbocycles. The SMILES string of the molecule is CCCc1ccc(OCC(=O)NC2CCN(C(=O)CCc3ccc(C)cc3)CC2)cc1. The minimum absolute atomic E-state index is 0.0167. The molecule has 3 rings (SSSR count). The molecule has 1 aliphatic rings. The maximum atomic E-state index is 12.5. The Labute approximate surface area is 185 Å². The van der Waals surface area contributed by atoms with E-state index in [1.165, 1.54) is 16.7 Å². The van der Waals surface area contributed by atoms with Crippen LogP contribution in [0.25, 0.3) is 0 Å². The molecular weight excluding hydrogens is 388 g/mol. The third-order valence-corrected chi connectivity index (χ3v) is 5.79. The van der Waals surface area contributed by atoms with Gasteiger partial charge >= 0.3 is 0 Å². The number of carbonyl (C=O) groups is 2. The lowest BCUT2D eigenvalue weighted by Crippen LogP contribution is -2.47. The Morgan fingerprint density at radius 1 is 0.968 bits per heavy atom. The Balaban J connectivity index is 1.33. The highest BCUT2D eigenvalue weighted by atomic mass is 16.5. The number of ether oxygens (including phenoxy) is 1. The molecule has 0 saturated carbocycles. The molecule has 0 radical (unpaired) electrons. The summed E-state index contributed by atoms with van der Waals surface area (Å²) in [6, 6.07) is 16.4. The molecule has 0 bridgehead atoms. The topological polar surface area (TPSA) is 58.6 Å². The van der Waals surface area contributed by atoms with Crippen molar-refractivity contribution in [3.8, 4) is 5.75 Å². The third kappa shape index (κ3) is 7.42. The molecule has 0 unspecified atom stereocenters. The van der Waals surface area contributed by atoms with E-state index in [-0.39, 0.29) is 24.5 Å². The molecule has 1 fully saturated rings. The van der Waals surface area contributed by atoms with Gasteiger partial charge in [0.1, 0.15) is 5.75 Å². The number of benzene rings is 2. The van der Waals surface area contributed by atoms with E-state index in [2.05, 4.69) is 43.4 Å². The fourth-order valence-corrected chi connectivity index (χ4v) is 3.90. The first-order valence-electron chi connectivity index (χ1n) is 11.4. The first-order chi connectivity index (χ1) is 15.0. The molecule has 2 amide bonds. The van der Waals surface area contributed by atoms with Crippen LogP contribution in [0.3, 0.4) is 0 Å². The van der Waals surface area contributed by atoms with E-state index in [9.17, 15) is 9.59 Å². The fraction of sp³-hybridized carbons (Fsp3) is 0.462. The van der Waals surface area contributed by atoms with Crippen LogP contribution in [-0.4, -0.2) is 42.5 Å². The average molecular weight is 423 g/mol. The zero-order valence-electron chi connectivity index (χ0n) is 18.7. The largest absolute Gasteiger partial charge is 0.484 e. The van der Waals surface area contributed by atoms with Crippen molar-refractivity contribution >= 4 is 11.8 Å². The van der Waals surface area contributed by atoms with E-state index in [0.717, 1.165) is 32.1 Å². The number of nitrogens with one attached hydrogen (secondary N) is 1. The molecule has 5 heteroatoms. The summed E-state index contributed by atoms with van der Waals surface area (Å²) >= 11 is 0. The smallest absolute Gasteiger partial charge is 0.258 e. The molecule has 2 aromatic carbocycles. The van der Waals surface area contributed by atoms with Gasteiger partial charge in [0.15, 0.2) is 6.61 Å². The van der Waals surface area contributed by atoms with Crippen LogP contribution in [0.15, 0.2) is 48.5 Å². The van der Waals surface area contributed by atoms with Crippen LogP contribution in [0.4, 0.5) is 0 Å². The maximum Gasteiger partial charge on any atom is 0.258 e. The van der Waals surface area contributed by atoms with Crippen molar-refractivity contribution in [1.29, 1.82) is 0 Å². The molecule has 1 heterocycles. The van der Waals surface area contributed by atoms with Gasteiger partial charge in [-0.05, 0) is 55.9 Å². The Kier molecular flexibility index (Phi) is 8.51. The Bertz CT molecular complexity index is 838. The standard InChI is InChI=1S/C26H34N2O3/c1-3-4-21-9-12-24(13-10-21)31-19-25(29)27-23-15-17-28(18-16-23)26(30)14-11-22-7-5-20(2)6-8-22/h5-10,12-13,23H,3-4,11,14-19H2,1-2H3,(H,27,29). The van der Waals surface area contributed by atoms with Gasteiger partial charge in [0.2, 0.25) is 5.91 Å². The van der Waals surface area contributed by atoms with Crippen LogP contribution in [0.5, 0.6) is 5.75 Å². The fourth-order valence-electron chi connectivity index (χ4n) is 3.90. The summed E-state index contributed by atoms with van der Waals surface area (Å²) in [6.07, 6.45) is 5.03. The summed E-state index contributed by atoms with van der Waals surface area (Å²) in [5.41, 5.74) is 3.70. The Morgan fingerprint density at radius 3 is 2.23 bits per heavy atom. The number of aryl methyl sites for hydroxylation is 3. The van der Waals surface area contributed by atoms with Crippen molar-refractivity contribution in [3.05, 3.63) is 65.2 Å². The highest BCUT2D eigenvalue weighted by Crippen LogP contribution is 2.15. The molecule has 166 valence electrons. The molecule has 2 aromatic rings. The molecule has 1 N–H and O–H groups in total. The lowest BCUT2D eigenvalue weighted by molar-refractivity contribution is -0.132. The minimum Gasteiger partial charge on any atom is -0.484 e. The molecule has 1 aliphatic heterocycles. The molecule has 0 aromatic heterocycles. The summed E-state index contributed by atoms with van der Waals surface area (Å²) in [5, 5.41) is 3.04. The summed E-state index contributed by atoms with van der Waals surface area (Å²) in [5.74, 6) is 0.797. The van der Waals surface area contributed by atoms with Crippen LogP contribution in [0.2, 0.25) is 0 Å². The van der Waals surface area contributed by atoms with Crippen LogP contribution >= 0.6 is 0 Å². The van der Waals surface area contributed by atoms with Gasteiger partial charge in [0, 0.05) is 25.6 Å². The van der Waals surface area contributed by atoms with Gasteiger partial charge in [-0.3, -0.25) is 9.59 Å². The van der Waals surface area contributed by atoms with Crippen molar-refractivity contribution in [2.45, 2.75) is 58.4 Å². The second kappa shape index (κ2) is 11.5. The van der Waals surface area contributed by atoms with E-state index in [0.29, 0.717) is 25.3 Å². The number of hydrogen-bond donors (Lipinski definition) is 1. The van der Waals surface area contributed by atoms with Crippen molar-refractivity contribution in [1.82, 2.24) is 10.2 Å². The van der Waals surface area contributed by atoms with Crippen LogP contribution in [0, 0.1) is 6.92 Å². The summed E-state index contributed by atoms with van der Waals surface area (Å²) in [7, 11) is 0. The van der Waals surface area contributed by atoms with Gasteiger partial charge in [-0.15, -0.1) is 0 Å². The number of rotatable bonds is 9. The molecule has 0 spiro atoms.